The van der Waals surface area contributed by atoms with Gasteiger partial charge in [-0.05, 0) is 49.5 Å². The number of piperidine rings is 1. The molecule has 1 unspecified atom stereocenters. The van der Waals surface area contributed by atoms with Crippen molar-refractivity contribution in [3.63, 3.8) is 0 Å². The van der Waals surface area contributed by atoms with Crippen LogP contribution in [0.1, 0.15) is 37.7 Å². The maximum Gasteiger partial charge on any atom is 0.317 e. The SMILES string of the molecule is CNC(=O)N1CCC(C2CCN(C(=O)C3(c4ccccc4)CC3)C2)CC1. The zero-order valence-electron chi connectivity index (χ0n) is 15.6. The molecule has 0 bridgehead atoms. The van der Waals surface area contributed by atoms with Gasteiger partial charge in [0.1, 0.15) is 0 Å². The van der Waals surface area contributed by atoms with Crippen LogP contribution in [-0.4, -0.2) is 55.0 Å². The Kier molecular flexibility index (Phi) is 4.63. The van der Waals surface area contributed by atoms with Gasteiger partial charge < -0.3 is 15.1 Å². The van der Waals surface area contributed by atoms with Crippen LogP contribution in [0.15, 0.2) is 30.3 Å². The predicted molar refractivity (Wildman–Crippen MR) is 101 cm³/mol. The lowest BCUT2D eigenvalue weighted by Gasteiger charge is -2.34. The molecule has 1 aliphatic carbocycles. The minimum atomic E-state index is -0.237. The van der Waals surface area contributed by atoms with E-state index in [-0.39, 0.29) is 11.4 Å². The third kappa shape index (κ3) is 3.08. The van der Waals surface area contributed by atoms with Crippen LogP contribution in [0.25, 0.3) is 0 Å². The monoisotopic (exact) mass is 355 g/mol. The summed E-state index contributed by atoms with van der Waals surface area (Å²) in [5.41, 5.74) is 0.950. The summed E-state index contributed by atoms with van der Waals surface area (Å²) in [5, 5.41) is 2.71. The van der Waals surface area contributed by atoms with Crippen molar-refractivity contribution in [2.24, 2.45) is 11.8 Å². The number of likely N-dealkylation sites (tertiary alicyclic amines) is 2. The van der Waals surface area contributed by atoms with Crippen LogP contribution in [0, 0.1) is 11.8 Å². The van der Waals surface area contributed by atoms with E-state index in [1.54, 1.807) is 7.05 Å². The lowest BCUT2D eigenvalue weighted by atomic mass is 9.84. The molecule has 1 aromatic rings. The molecule has 1 atom stereocenters. The van der Waals surface area contributed by atoms with Crippen molar-refractivity contribution in [2.45, 2.75) is 37.5 Å². The Labute approximate surface area is 155 Å². The molecule has 1 aromatic carbocycles. The topological polar surface area (TPSA) is 52.7 Å². The first kappa shape index (κ1) is 17.4. The first-order valence-corrected chi connectivity index (χ1v) is 9.95. The van der Waals surface area contributed by atoms with Gasteiger partial charge in [-0.25, -0.2) is 4.79 Å². The highest BCUT2D eigenvalue weighted by atomic mass is 16.2. The van der Waals surface area contributed by atoms with Crippen molar-refractivity contribution in [1.29, 1.82) is 0 Å². The molecule has 4 rings (SSSR count). The second kappa shape index (κ2) is 6.93. The minimum Gasteiger partial charge on any atom is -0.342 e. The molecule has 1 N–H and O–H groups in total. The Bertz CT molecular complexity index is 663. The molecule has 1 saturated carbocycles. The van der Waals surface area contributed by atoms with Gasteiger partial charge >= 0.3 is 6.03 Å². The van der Waals surface area contributed by atoms with Gasteiger partial charge in [0.15, 0.2) is 0 Å². The number of nitrogens with one attached hydrogen (secondary N) is 1. The normalized spacial score (nSPS) is 25.2. The number of carbonyl (C=O) groups excluding carboxylic acids is 2. The molecule has 3 fully saturated rings. The second-order valence-electron chi connectivity index (χ2n) is 8.13. The summed E-state index contributed by atoms with van der Waals surface area (Å²) >= 11 is 0. The van der Waals surface area contributed by atoms with E-state index in [0.29, 0.717) is 17.7 Å². The van der Waals surface area contributed by atoms with Gasteiger partial charge in [-0.2, -0.15) is 0 Å². The second-order valence-corrected chi connectivity index (χ2v) is 8.13. The van der Waals surface area contributed by atoms with Crippen LogP contribution < -0.4 is 5.32 Å². The zero-order chi connectivity index (χ0) is 18.1. The number of hydrogen-bond acceptors (Lipinski definition) is 2. The third-order valence-electron chi connectivity index (χ3n) is 6.71. The number of rotatable bonds is 3. The average Bonchev–Trinajstić information content (AvgIpc) is 3.37. The number of hydrogen-bond donors (Lipinski definition) is 1. The molecule has 26 heavy (non-hydrogen) atoms. The fraction of sp³-hybridized carbons (Fsp3) is 0.619. The fourth-order valence-corrected chi connectivity index (χ4v) is 4.90. The maximum atomic E-state index is 13.2. The summed E-state index contributed by atoms with van der Waals surface area (Å²) < 4.78 is 0. The first-order chi connectivity index (χ1) is 12.6. The van der Waals surface area contributed by atoms with E-state index >= 15 is 0 Å². The highest BCUT2D eigenvalue weighted by molar-refractivity contribution is 5.91. The molecule has 0 aromatic heterocycles. The summed E-state index contributed by atoms with van der Waals surface area (Å²) in [5.74, 6) is 1.58. The van der Waals surface area contributed by atoms with Crippen molar-refractivity contribution in [3.05, 3.63) is 35.9 Å². The molecular formula is C21H29N3O2. The Morgan fingerprint density at radius 1 is 0.962 bits per heavy atom. The number of urea groups is 1. The largest absolute Gasteiger partial charge is 0.342 e. The van der Waals surface area contributed by atoms with Gasteiger partial charge in [-0.15, -0.1) is 0 Å². The molecule has 5 nitrogen and oxygen atoms in total. The quantitative estimate of drug-likeness (QED) is 0.906. The molecule has 140 valence electrons. The number of amides is 3. The van der Waals surface area contributed by atoms with Gasteiger partial charge in [0, 0.05) is 33.2 Å². The number of carbonyl (C=O) groups is 2. The van der Waals surface area contributed by atoms with Gasteiger partial charge in [0.2, 0.25) is 5.91 Å². The Morgan fingerprint density at radius 3 is 2.19 bits per heavy atom. The van der Waals surface area contributed by atoms with Gasteiger partial charge in [-0.1, -0.05) is 30.3 Å². The molecule has 3 amide bonds. The summed E-state index contributed by atoms with van der Waals surface area (Å²) in [6, 6.07) is 10.3. The van der Waals surface area contributed by atoms with Crippen molar-refractivity contribution < 1.29 is 9.59 Å². The van der Waals surface area contributed by atoms with Gasteiger partial charge in [-0.3, -0.25) is 4.79 Å². The Balaban J connectivity index is 1.35. The van der Waals surface area contributed by atoms with Crippen LogP contribution in [-0.2, 0) is 10.2 Å². The average molecular weight is 355 g/mol. The van der Waals surface area contributed by atoms with Gasteiger partial charge in [0.25, 0.3) is 0 Å². The smallest absolute Gasteiger partial charge is 0.317 e. The highest BCUT2D eigenvalue weighted by Crippen LogP contribution is 2.50. The standard InChI is InChI=1S/C21H29N3O2/c1-22-20(26)23-12-7-16(8-13-23)17-9-14-24(15-17)19(25)21(10-11-21)18-5-3-2-4-6-18/h2-6,16-17H,7-15H2,1H3,(H,22,26). The Morgan fingerprint density at radius 2 is 1.58 bits per heavy atom. The van der Waals surface area contributed by atoms with E-state index in [9.17, 15) is 9.59 Å². The molecule has 3 aliphatic rings. The zero-order valence-corrected chi connectivity index (χ0v) is 15.6. The van der Waals surface area contributed by atoms with E-state index in [1.807, 2.05) is 23.1 Å². The van der Waals surface area contributed by atoms with Crippen LogP contribution in [0.3, 0.4) is 0 Å². The van der Waals surface area contributed by atoms with E-state index in [1.165, 1.54) is 5.56 Å². The van der Waals surface area contributed by atoms with Crippen molar-refractivity contribution >= 4 is 11.9 Å². The molecule has 2 aliphatic heterocycles. The van der Waals surface area contributed by atoms with E-state index < -0.39 is 0 Å². The Hall–Kier alpha value is -2.04. The number of benzene rings is 1. The summed E-state index contributed by atoms with van der Waals surface area (Å²) in [6.45, 7) is 3.47. The van der Waals surface area contributed by atoms with Crippen LogP contribution in [0.4, 0.5) is 4.79 Å². The third-order valence-corrected chi connectivity index (χ3v) is 6.71. The van der Waals surface area contributed by atoms with E-state index in [4.69, 9.17) is 0 Å². The summed E-state index contributed by atoms with van der Waals surface area (Å²) in [6.07, 6.45) is 5.21. The van der Waals surface area contributed by atoms with Crippen molar-refractivity contribution in [1.82, 2.24) is 15.1 Å². The maximum absolute atomic E-state index is 13.2. The van der Waals surface area contributed by atoms with Gasteiger partial charge in [0.05, 0.1) is 5.41 Å². The molecular weight excluding hydrogens is 326 g/mol. The lowest BCUT2D eigenvalue weighted by Crippen LogP contribution is -2.44. The molecule has 0 spiro atoms. The fourth-order valence-electron chi connectivity index (χ4n) is 4.90. The highest BCUT2D eigenvalue weighted by Gasteiger charge is 2.53. The van der Waals surface area contributed by atoms with Crippen molar-refractivity contribution in [2.75, 3.05) is 33.2 Å². The predicted octanol–water partition coefficient (Wildman–Crippen LogP) is 2.62. The first-order valence-electron chi connectivity index (χ1n) is 9.95. The minimum absolute atomic E-state index is 0.0326. The van der Waals surface area contributed by atoms with Crippen LogP contribution in [0.5, 0.6) is 0 Å². The molecule has 5 heteroatoms. The lowest BCUT2D eigenvalue weighted by molar-refractivity contribution is -0.133. The van der Waals surface area contributed by atoms with E-state index in [2.05, 4.69) is 22.3 Å². The van der Waals surface area contributed by atoms with Crippen LogP contribution >= 0.6 is 0 Å². The molecule has 2 heterocycles. The summed E-state index contributed by atoms with van der Waals surface area (Å²) in [7, 11) is 1.69. The molecule has 2 saturated heterocycles. The van der Waals surface area contributed by atoms with Crippen LogP contribution in [0.2, 0.25) is 0 Å². The number of nitrogens with zero attached hydrogens (tertiary/aromatic N) is 2. The van der Waals surface area contributed by atoms with E-state index in [0.717, 1.165) is 58.3 Å². The van der Waals surface area contributed by atoms with Crippen molar-refractivity contribution in [3.8, 4) is 0 Å². The molecule has 0 radical (unpaired) electrons. The summed E-state index contributed by atoms with van der Waals surface area (Å²) in [4.78, 5) is 29.0.